The number of nitro benzene ring substituents is 1. The lowest BCUT2D eigenvalue weighted by molar-refractivity contribution is -0.385. The van der Waals surface area contributed by atoms with E-state index in [4.69, 9.17) is 4.74 Å². The van der Waals surface area contributed by atoms with E-state index < -0.39 is 4.92 Å². The van der Waals surface area contributed by atoms with Crippen molar-refractivity contribution in [2.75, 3.05) is 0 Å². The van der Waals surface area contributed by atoms with Crippen molar-refractivity contribution >= 4 is 11.7 Å². The van der Waals surface area contributed by atoms with Crippen LogP contribution in [0.5, 0.6) is 0 Å². The lowest BCUT2D eigenvalue weighted by Crippen LogP contribution is -2.58. The molecule has 0 amide bonds. The smallest absolute Gasteiger partial charge is 0.306 e. The van der Waals surface area contributed by atoms with Gasteiger partial charge in [0.2, 0.25) is 0 Å². The van der Waals surface area contributed by atoms with Crippen molar-refractivity contribution in [1.82, 2.24) is 0 Å². The van der Waals surface area contributed by atoms with Gasteiger partial charge in [0.25, 0.3) is 5.69 Å². The maximum atomic E-state index is 12.7. The zero-order valence-electron chi connectivity index (χ0n) is 25.2. The molecular formula is C34H51NO4. The summed E-state index contributed by atoms with van der Waals surface area (Å²) in [7, 11) is 0. The topological polar surface area (TPSA) is 69.4 Å². The van der Waals surface area contributed by atoms with Crippen LogP contribution < -0.4 is 0 Å². The van der Waals surface area contributed by atoms with Crippen LogP contribution in [0.3, 0.4) is 0 Å². The molecule has 4 aliphatic carbocycles. The van der Waals surface area contributed by atoms with Crippen LogP contribution in [0.25, 0.3) is 0 Å². The summed E-state index contributed by atoms with van der Waals surface area (Å²) in [6.07, 6.45) is 10.9. The van der Waals surface area contributed by atoms with Gasteiger partial charge in [-0.15, -0.1) is 0 Å². The molecule has 0 heterocycles. The molecule has 0 aromatic heterocycles. The summed E-state index contributed by atoms with van der Waals surface area (Å²) in [6, 6.07) is 6.50. The fourth-order valence-corrected chi connectivity index (χ4v) is 10.7. The van der Waals surface area contributed by atoms with E-state index in [0.29, 0.717) is 40.6 Å². The molecule has 5 heteroatoms. The monoisotopic (exact) mass is 537 g/mol. The molecule has 4 saturated carbocycles. The first-order valence-electron chi connectivity index (χ1n) is 15.8. The molecule has 0 N–H and O–H groups in total. The summed E-state index contributed by atoms with van der Waals surface area (Å²) < 4.78 is 5.50. The van der Waals surface area contributed by atoms with Crippen LogP contribution in [0.15, 0.2) is 24.3 Å². The number of rotatable bonds is 7. The first kappa shape index (κ1) is 28.6. The van der Waals surface area contributed by atoms with Gasteiger partial charge in [-0.2, -0.15) is 0 Å². The van der Waals surface area contributed by atoms with Gasteiger partial charge in [0.05, 0.1) is 10.5 Å². The second-order valence-corrected chi connectivity index (χ2v) is 14.8. The first-order chi connectivity index (χ1) is 18.5. The zero-order chi connectivity index (χ0) is 28.1. The number of carbonyl (C=O) groups is 1. The Morgan fingerprint density at radius 2 is 1.82 bits per heavy atom. The predicted octanol–water partition coefficient (Wildman–Crippen LogP) is 8.84. The Labute approximate surface area is 236 Å². The van der Waals surface area contributed by atoms with Crippen LogP contribution in [0, 0.1) is 74.2 Å². The molecule has 11 atom stereocenters. The van der Waals surface area contributed by atoms with Gasteiger partial charge in [-0.25, -0.2) is 0 Å². The van der Waals surface area contributed by atoms with Gasteiger partial charge in [-0.1, -0.05) is 60.1 Å². The fraction of sp³-hybridized carbons (Fsp3) is 0.794. The van der Waals surface area contributed by atoms with Crippen LogP contribution >= 0.6 is 0 Å². The molecule has 0 bridgehead atoms. The van der Waals surface area contributed by atoms with E-state index in [2.05, 4.69) is 41.5 Å². The Balaban J connectivity index is 1.23. The SMILES string of the molecule is CC1CC2C[C@H](C)CCC2(C)C2C[C@H](C)C3(C)C(C(C)CCC(=O)OCc4ccccc4[N+](=O)[O-])CCC3C12. The van der Waals surface area contributed by atoms with Crippen molar-refractivity contribution in [3.8, 4) is 0 Å². The van der Waals surface area contributed by atoms with Crippen molar-refractivity contribution in [2.45, 2.75) is 106 Å². The van der Waals surface area contributed by atoms with Gasteiger partial charge in [0, 0.05) is 12.5 Å². The van der Waals surface area contributed by atoms with Gasteiger partial charge in [0.1, 0.15) is 6.61 Å². The minimum Gasteiger partial charge on any atom is -0.461 e. The summed E-state index contributed by atoms with van der Waals surface area (Å²) in [5, 5.41) is 11.3. The van der Waals surface area contributed by atoms with Crippen LogP contribution in [-0.4, -0.2) is 10.9 Å². The molecule has 39 heavy (non-hydrogen) atoms. The number of para-hydroxylation sites is 1. The molecule has 216 valence electrons. The van der Waals surface area contributed by atoms with E-state index in [1.807, 2.05) is 0 Å². The van der Waals surface area contributed by atoms with Gasteiger partial charge >= 0.3 is 5.97 Å². The summed E-state index contributed by atoms with van der Waals surface area (Å²) in [5.74, 6) is 6.73. The van der Waals surface area contributed by atoms with Crippen LogP contribution in [0.2, 0.25) is 0 Å². The number of ether oxygens (including phenoxy) is 1. The van der Waals surface area contributed by atoms with Crippen molar-refractivity contribution in [1.29, 1.82) is 0 Å². The van der Waals surface area contributed by atoms with E-state index in [1.54, 1.807) is 18.2 Å². The maximum absolute atomic E-state index is 12.7. The Morgan fingerprint density at radius 1 is 1.08 bits per heavy atom. The number of carbonyl (C=O) groups excluding carboxylic acids is 1. The summed E-state index contributed by atoms with van der Waals surface area (Å²) in [5.41, 5.74) is 1.33. The van der Waals surface area contributed by atoms with Gasteiger partial charge in [-0.3, -0.25) is 14.9 Å². The predicted molar refractivity (Wildman–Crippen MR) is 155 cm³/mol. The summed E-state index contributed by atoms with van der Waals surface area (Å²) in [6.45, 7) is 15.2. The maximum Gasteiger partial charge on any atom is 0.306 e. The second kappa shape index (κ2) is 10.8. The first-order valence-corrected chi connectivity index (χ1v) is 15.8. The van der Waals surface area contributed by atoms with E-state index in [0.717, 1.165) is 41.9 Å². The van der Waals surface area contributed by atoms with Crippen LogP contribution in [0.4, 0.5) is 5.69 Å². The average molecular weight is 538 g/mol. The zero-order valence-corrected chi connectivity index (χ0v) is 25.2. The number of hydrogen-bond donors (Lipinski definition) is 0. The van der Waals surface area contributed by atoms with Crippen LogP contribution in [0.1, 0.15) is 105 Å². The molecule has 5 rings (SSSR count). The molecule has 0 radical (unpaired) electrons. The number of nitro groups is 1. The van der Waals surface area contributed by atoms with Crippen molar-refractivity contribution in [2.24, 2.45) is 64.1 Å². The molecule has 1 aromatic carbocycles. The molecule has 5 nitrogen and oxygen atoms in total. The Bertz CT molecular complexity index is 1070. The number of hydrogen-bond acceptors (Lipinski definition) is 4. The second-order valence-electron chi connectivity index (χ2n) is 14.8. The Hall–Kier alpha value is -1.91. The molecule has 4 fully saturated rings. The van der Waals surface area contributed by atoms with E-state index in [-0.39, 0.29) is 18.3 Å². The standard InChI is InChI=1S/C34H51NO4/c1-21-15-16-33(5)26(17-21)18-23(3)32-28-13-12-27(34(28,6)24(4)19-29(32)33)22(2)11-14-31(36)39-20-25-9-7-8-10-30(25)35(37)38/h7-10,21-24,26-29,32H,11-20H2,1-6H3/t21-,22?,23?,24+,26?,27?,28?,29?,32?,33?,34?/m1/s1. The highest BCUT2D eigenvalue weighted by Gasteiger charge is 2.64. The van der Waals surface area contributed by atoms with Crippen molar-refractivity contribution in [3.05, 3.63) is 39.9 Å². The quantitative estimate of drug-likeness (QED) is 0.198. The largest absolute Gasteiger partial charge is 0.461 e. The Kier molecular flexibility index (Phi) is 7.94. The third-order valence-electron chi connectivity index (χ3n) is 13.0. The van der Waals surface area contributed by atoms with E-state index in [9.17, 15) is 14.9 Å². The van der Waals surface area contributed by atoms with Crippen molar-refractivity contribution < 1.29 is 14.5 Å². The lowest BCUT2D eigenvalue weighted by atomic mass is 9.40. The molecule has 0 aliphatic heterocycles. The molecule has 4 aliphatic rings. The number of fused-ring (bicyclic) bond motifs is 5. The third kappa shape index (κ3) is 4.95. The lowest BCUT2D eigenvalue weighted by Gasteiger charge is -2.65. The number of benzene rings is 1. The summed E-state index contributed by atoms with van der Waals surface area (Å²) in [4.78, 5) is 23.5. The molecule has 0 spiro atoms. The van der Waals surface area contributed by atoms with Crippen LogP contribution in [-0.2, 0) is 16.1 Å². The molecule has 9 unspecified atom stereocenters. The highest BCUT2D eigenvalue weighted by atomic mass is 16.6. The minimum absolute atomic E-state index is 0.00744. The van der Waals surface area contributed by atoms with E-state index >= 15 is 0 Å². The summed E-state index contributed by atoms with van der Waals surface area (Å²) >= 11 is 0. The highest BCUT2D eigenvalue weighted by Crippen LogP contribution is 2.71. The highest BCUT2D eigenvalue weighted by molar-refractivity contribution is 5.69. The molecule has 1 aromatic rings. The van der Waals surface area contributed by atoms with Gasteiger partial charge < -0.3 is 4.74 Å². The molecular weight excluding hydrogens is 486 g/mol. The van der Waals surface area contributed by atoms with Gasteiger partial charge in [0.15, 0.2) is 0 Å². The van der Waals surface area contributed by atoms with E-state index in [1.165, 1.54) is 51.0 Å². The third-order valence-corrected chi connectivity index (χ3v) is 13.0. The normalized spacial score (nSPS) is 42.1. The van der Waals surface area contributed by atoms with Crippen molar-refractivity contribution in [3.63, 3.8) is 0 Å². The Morgan fingerprint density at radius 3 is 2.56 bits per heavy atom. The number of esters is 1. The number of nitrogens with zero attached hydrogens (tertiary/aromatic N) is 1. The van der Waals surface area contributed by atoms with Gasteiger partial charge in [-0.05, 0) is 115 Å². The average Bonchev–Trinajstić information content (AvgIpc) is 3.26. The minimum atomic E-state index is -0.416. The molecule has 0 saturated heterocycles. The fourth-order valence-electron chi connectivity index (χ4n) is 10.7.